The Balaban J connectivity index is 1.72. The Morgan fingerprint density at radius 3 is 2.44 bits per heavy atom. The van der Waals surface area contributed by atoms with E-state index in [4.69, 9.17) is 5.73 Å². The third-order valence-corrected chi connectivity index (χ3v) is 6.24. The van der Waals surface area contributed by atoms with E-state index in [0.717, 1.165) is 17.4 Å². The fraction of sp³-hybridized carbons (Fsp3) is 0.269. The van der Waals surface area contributed by atoms with Crippen LogP contribution >= 0.6 is 0 Å². The van der Waals surface area contributed by atoms with Crippen molar-refractivity contribution in [3.63, 3.8) is 0 Å². The quantitative estimate of drug-likeness (QED) is 0.473. The maximum atomic E-state index is 13.6. The standard InChI is InChI=1S/C26H24F3N5O5/c1-14-3-6-18(7-4-14)34-12-11-33(15(2)35)20(24(34)37)21(39-25(38)26(27,28)29)23(36)32-17-5-8-19-16(13-17)9-10-31-22(19)30/h3-10,13,20-21H,11-12H2,1-2H3,(H2,30,31)(H,32,36). The van der Waals surface area contributed by atoms with Crippen molar-refractivity contribution in [1.29, 1.82) is 0 Å². The number of hydrogen-bond acceptors (Lipinski definition) is 7. The zero-order valence-electron chi connectivity index (χ0n) is 20.9. The Bertz CT molecular complexity index is 1440. The fourth-order valence-electron chi connectivity index (χ4n) is 4.31. The van der Waals surface area contributed by atoms with Gasteiger partial charge >= 0.3 is 12.1 Å². The molecule has 204 valence electrons. The minimum atomic E-state index is -5.46. The zero-order valence-corrected chi connectivity index (χ0v) is 20.9. The van der Waals surface area contributed by atoms with E-state index in [9.17, 15) is 32.3 Å². The highest BCUT2D eigenvalue weighted by atomic mass is 19.4. The molecule has 0 spiro atoms. The lowest BCUT2D eigenvalue weighted by Gasteiger charge is -2.42. The van der Waals surface area contributed by atoms with Crippen molar-refractivity contribution in [2.45, 2.75) is 32.2 Å². The van der Waals surface area contributed by atoms with Gasteiger partial charge in [0.2, 0.25) is 12.0 Å². The molecule has 0 radical (unpaired) electrons. The first-order chi connectivity index (χ1) is 18.4. The molecule has 3 amide bonds. The number of nitrogens with zero attached hydrogens (tertiary/aromatic N) is 3. The van der Waals surface area contributed by atoms with Gasteiger partial charge in [-0.15, -0.1) is 0 Å². The number of benzene rings is 2. The molecule has 1 aliphatic heterocycles. The number of fused-ring (bicyclic) bond motifs is 1. The van der Waals surface area contributed by atoms with Crippen LogP contribution in [0.25, 0.3) is 10.8 Å². The second-order valence-electron chi connectivity index (χ2n) is 8.93. The monoisotopic (exact) mass is 543 g/mol. The number of amides is 3. The van der Waals surface area contributed by atoms with E-state index in [1.807, 2.05) is 6.92 Å². The molecule has 0 saturated carbocycles. The highest BCUT2D eigenvalue weighted by Gasteiger charge is 2.51. The summed E-state index contributed by atoms with van der Waals surface area (Å²) in [5.74, 6) is -5.25. The van der Waals surface area contributed by atoms with E-state index >= 15 is 0 Å². The number of piperazine rings is 1. The summed E-state index contributed by atoms with van der Waals surface area (Å²) in [7, 11) is 0. The summed E-state index contributed by atoms with van der Waals surface area (Å²) in [6, 6.07) is 10.9. The lowest BCUT2D eigenvalue weighted by atomic mass is 10.0. The van der Waals surface area contributed by atoms with Crippen LogP contribution in [0.5, 0.6) is 0 Å². The van der Waals surface area contributed by atoms with Crippen LogP contribution in [0.3, 0.4) is 0 Å². The van der Waals surface area contributed by atoms with E-state index in [0.29, 0.717) is 16.5 Å². The van der Waals surface area contributed by atoms with Crippen molar-refractivity contribution >= 4 is 51.7 Å². The molecule has 0 bridgehead atoms. The number of nitrogens with one attached hydrogen (secondary N) is 1. The molecule has 4 rings (SSSR count). The maximum absolute atomic E-state index is 13.6. The molecule has 2 atom stereocenters. The van der Waals surface area contributed by atoms with E-state index in [-0.39, 0.29) is 24.6 Å². The maximum Gasteiger partial charge on any atom is 0.490 e. The molecule has 10 nitrogen and oxygen atoms in total. The number of carbonyl (C=O) groups excluding carboxylic acids is 4. The first kappa shape index (κ1) is 27.4. The largest absolute Gasteiger partial charge is 0.490 e. The number of rotatable bonds is 5. The van der Waals surface area contributed by atoms with Crippen LogP contribution in [0.15, 0.2) is 54.7 Å². The summed E-state index contributed by atoms with van der Waals surface area (Å²) in [4.78, 5) is 57.4. The number of aromatic nitrogens is 1. The van der Waals surface area contributed by atoms with Crippen molar-refractivity contribution in [2.75, 3.05) is 29.0 Å². The first-order valence-electron chi connectivity index (χ1n) is 11.7. The molecule has 2 heterocycles. The van der Waals surface area contributed by atoms with Crippen LogP contribution in [-0.4, -0.2) is 65.0 Å². The summed E-state index contributed by atoms with van der Waals surface area (Å²) in [5.41, 5.74) is 7.26. The molecular weight excluding hydrogens is 519 g/mol. The molecule has 13 heteroatoms. The van der Waals surface area contributed by atoms with E-state index < -0.39 is 42.0 Å². The van der Waals surface area contributed by atoms with Gasteiger partial charge in [-0.2, -0.15) is 13.2 Å². The number of aryl methyl sites for hydroxylation is 1. The number of ether oxygens (including phenoxy) is 1. The van der Waals surface area contributed by atoms with Crippen LogP contribution in [0.4, 0.5) is 30.4 Å². The molecule has 0 aliphatic carbocycles. The predicted octanol–water partition coefficient (Wildman–Crippen LogP) is 2.80. The Morgan fingerprint density at radius 2 is 1.79 bits per heavy atom. The molecule has 39 heavy (non-hydrogen) atoms. The third-order valence-electron chi connectivity index (χ3n) is 6.24. The molecular formula is C26H24F3N5O5. The SMILES string of the molecule is CC(=O)N1CCN(c2ccc(C)cc2)C(=O)C1C(OC(=O)C(F)(F)F)C(=O)Nc1ccc2c(N)nccc2c1. The Kier molecular flexibility index (Phi) is 7.43. The topological polar surface area (TPSA) is 135 Å². The number of carbonyl (C=O) groups is 4. The Labute approximate surface area is 220 Å². The van der Waals surface area contributed by atoms with E-state index in [1.54, 1.807) is 30.3 Å². The normalized spacial score (nSPS) is 16.6. The average Bonchev–Trinajstić information content (AvgIpc) is 2.87. The van der Waals surface area contributed by atoms with Gasteiger partial charge in [0.15, 0.2) is 6.04 Å². The smallest absolute Gasteiger partial charge is 0.443 e. The van der Waals surface area contributed by atoms with Crippen molar-refractivity contribution in [1.82, 2.24) is 9.88 Å². The Morgan fingerprint density at radius 1 is 1.10 bits per heavy atom. The average molecular weight is 544 g/mol. The minimum absolute atomic E-state index is 0.0136. The molecule has 1 saturated heterocycles. The summed E-state index contributed by atoms with van der Waals surface area (Å²) in [5, 5.41) is 3.52. The molecule has 3 aromatic rings. The lowest BCUT2D eigenvalue weighted by molar-refractivity contribution is -0.207. The van der Waals surface area contributed by atoms with Crippen LogP contribution in [0, 0.1) is 6.92 Å². The van der Waals surface area contributed by atoms with Gasteiger partial charge in [0, 0.05) is 43.0 Å². The summed E-state index contributed by atoms with van der Waals surface area (Å²) < 4.78 is 44.2. The number of nitrogens with two attached hydrogens (primary N) is 1. The van der Waals surface area contributed by atoms with Crippen LogP contribution in [0.1, 0.15) is 12.5 Å². The first-order valence-corrected chi connectivity index (χ1v) is 11.7. The second kappa shape index (κ2) is 10.6. The van der Waals surface area contributed by atoms with Crippen molar-refractivity contribution in [3.05, 3.63) is 60.3 Å². The number of hydrogen-bond donors (Lipinski definition) is 2. The number of alkyl halides is 3. The van der Waals surface area contributed by atoms with Gasteiger partial charge in [-0.25, -0.2) is 9.78 Å². The molecule has 2 unspecified atom stereocenters. The summed E-state index contributed by atoms with van der Waals surface area (Å²) >= 11 is 0. The van der Waals surface area contributed by atoms with Crippen LogP contribution in [0.2, 0.25) is 0 Å². The lowest BCUT2D eigenvalue weighted by Crippen LogP contribution is -2.65. The van der Waals surface area contributed by atoms with Gasteiger partial charge in [0.25, 0.3) is 11.8 Å². The molecule has 2 aromatic carbocycles. The van der Waals surface area contributed by atoms with Gasteiger partial charge in [0.1, 0.15) is 5.82 Å². The summed E-state index contributed by atoms with van der Waals surface area (Å²) in [6.45, 7) is 2.83. The van der Waals surface area contributed by atoms with Gasteiger partial charge in [-0.1, -0.05) is 17.7 Å². The van der Waals surface area contributed by atoms with Gasteiger partial charge < -0.3 is 25.6 Å². The number of anilines is 3. The molecule has 1 aliphatic rings. The van der Waals surface area contributed by atoms with Crippen LogP contribution < -0.4 is 16.0 Å². The van der Waals surface area contributed by atoms with Crippen molar-refractivity contribution < 1.29 is 37.1 Å². The molecule has 1 aromatic heterocycles. The zero-order chi connectivity index (χ0) is 28.5. The number of esters is 1. The molecule has 3 N–H and O–H groups in total. The highest BCUT2D eigenvalue weighted by molar-refractivity contribution is 6.07. The van der Waals surface area contributed by atoms with Gasteiger partial charge in [-0.3, -0.25) is 14.4 Å². The third kappa shape index (κ3) is 5.76. The number of halogens is 3. The van der Waals surface area contributed by atoms with E-state index in [2.05, 4.69) is 15.0 Å². The summed E-state index contributed by atoms with van der Waals surface area (Å²) in [6.07, 6.45) is -6.34. The second-order valence-corrected chi connectivity index (χ2v) is 8.93. The van der Waals surface area contributed by atoms with Crippen LogP contribution in [-0.2, 0) is 23.9 Å². The molecule has 1 fully saturated rings. The number of nitrogen functional groups attached to an aromatic ring is 1. The van der Waals surface area contributed by atoms with E-state index in [1.165, 1.54) is 29.3 Å². The van der Waals surface area contributed by atoms with Gasteiger partial charge in [-0.05, 0) is 48.7 Å². The van der Waals surface area contributed by atoms with Gasteiger partial charge in [0.05, 0.1) is 0 Å². The predicted molar refractivity (Wildman–Crippen MR) is 135 cm³/mol. The van der Waals surface area contributed by atoms with Crippen molar-refractivity contribution in [2.24, 2.45) is 0 Å². The highest BCUT2D eigenvalue weighted by Crippen LogP contribution is 2.28. The fourth-order valence-corrected chi connectivity index (χ4v) is 4.31. The van der Waals surface area contributed by atoms with Crippen molar-refractivity contribution in [3.8, 4) is 0 Å². The minimum Gasteiger partial charge on any atom is -0.443 e. The Hall–Kier alpha value is -4.68. The number of pyridine rings is 1.